The summed E-state index contributed by atoms with van der Waals surface area (Å²) in [6.45, 7) is 5.75. The lowest BCUT2D eigenvalue weighted by molar-refractivity contribution is -0.173. The van der Waals surface area contributed by atoms with Crippen molar-refractivity contribution in [3.63, 3.8) is 0 Å². The number of rotatable bonds is 4. The molecule has 0 fully saturated rings. The molecule has 0 unspecified atom stereocenters. The predicted molar refractivity (Wildman–Crippen MR) is 118 cm³/mol. The van der Waals surface area contributed by atoms with Crippen molar-refractivity contribution in [1.29, 1.82) is 0 Å². The van der Waals surface area contributed by atoms with Crippen molar-refractivity contribution in [2.45, 2.75) is 52.0 Å². The molecule has 4 rings (SSSR count). The summed E-state index contributed by atoms with van der Waals surface area (Å²) in [5.74, 6) is -0.672. The zero-order chi connectivity index (χ0) is 24.1. The quantitative estimate of drug-likeness (QED) is 0.563. The first-order chi connectivity index (χ1) is 15.5. The summed E-state index contributed by atoms with van der Waals surface area (Å²) >= 11 is 6.39. The zero-order valence-corrected chi connectivity index (χ0v) is 19.3. The van der Waals surface area contributed by atoms with Gasteiger partial charge in [-0.05, 0) is 26.3 Å². The van der Waals surface area contributed by atoms with E-state index < -0.39 is 24.2 Å². The molecule has 2 atom stereocenters. The lowest BCUT2D eigenvalue weighted by Crippen LogP contribution is -2.36. The summed E-state index contributed by atoms with van der Waals surface area (Å²) in [7, 11) is 1.79. The number of fused-ring (bicyclic) bond motifs is 1. The van der Waals surface area contributed by atoms with Crippen LogP contribution in [0.2, 0.25) is 5.02 Å². The van der Waals surface area contributed by atoms with Gasteiger partial charge < -0.3 is 10.6 Å². The second kappa shape index (κ2) is 8.40. The van der Waals surface area contributed by atoms with Crippen molar-refractivity contribution in [3.05, 3.63) is 63.1 Å². The molecule has 1 aliphatic rings. The van der Waals surface area contributed by atoms with E-state index in [2.05, 4.69) is 20.8 Å². The van der Waals surface area contributed by atoms with Crippen molar-refractivity contribution in [2.75, 3.05) is 5.32 Å². The van der Waals surface area contributed by atoms with Crippen LogP contribution in [0.5, 0.6) is 0 Å². The molecule has 0 bridgehead atoms. The zero-order valence-electron chi connectivity index (χ0n) is 18.6. The van der Waals surface area contributed by atoms with Crippen molar-refractivity contribution >= 4 is 23.3 Å². The van der Waals surface area contributed by atoms with Gasteiger partial charge in [-0.15, -0.1) is 0 Å². The Morgan fingerprint density at radius 3 is 2.45 bits per heavy atom. The number of hydrogen-bond acceptors (Lipinski definition) is 4. The number of halogens is 4. The highest BCUT2D eigenvalue weighted by molar-refractivity contribution is 6.36. The number of alkyl halides is 3. The van der Waals surface area contributed by atoms with E-state index in [1.54, 1.807) is 23.9 Å². The van der Waals surface area contributed by atoms with Gasteiger partial charge in [0.15, 0.2) is 11.7 Å². The highest BCUT2D eigenvalue weighted by atomic mass is 35.5. The van der Waals surface area contributed by atoms with Gasteiger partial charge in [-0.1, -0.05) is 41.4 Å². The lowest BCUT2D eigenvalue weighted by Gasteiger charge is -2.33. The van der Waals surface area contributed by atoms with E-state index in [1.807, 2.05) is 32.9 Å². The summed E-state index contributed by atoms with van der Waals surface area (Å²) in [5, 5.41) is 13.9. The van der Waals surface area contributed by atoms with Gasteiger partial charge >= 0.3 is 6.18 Å². The van der Waals surface area contributed by atoms with Crippen LogP contribution in [-0.4, -0.2) is 31.6 Å². The van der Waals surface area contributed by atoms with Gasteiger partial charge in [-0.2, -0.15) is 23.4 Å². The number of nitrogens with one attached hydrogen (secondary N) is 2. The molecule has 2 N–H and O–H groups in total. The Labute approximate surface area is 193 Å². The second-order valence-corrected chi connectivity index (χ2v) is 8.69. The lowest BCUT2D eigenvalue weighted by atomic mass is 9.96. The van der Waals surface area contributed by atoms with Crippen LogP contribution >= 0.6 is 11.6 Å². The van der Waals surface area contributed by atoms with Crippen LogP contribution in [0.4, 0.5) is 19.0 Å². The molecule has 0 spiro atoms. The highest BCUT2D eigenvalue weighted by Crippen LogP contribution is 2.46. The molecule has 0 radical (unpaired) electrons. The number of benzene rings is 1. The van der Waals surface area contributed by atoms with Crippen LogP contribution < -0.4 is 10.6 Å². The SMILES string of the molecule is Cc1ccc([C@@H]2C[C@@H](C(F)(F)F)n3nc(C(=O)NCc4c(C)nn(C)c4C)c(Cl)c3N2)cc1. The van der Waals surface area contributed by atoms with E-state index >= 15 is 0 Å². The van der Waals surface area contributed by atoms with E-state index in [0.717, 1.165) is 27.2 Å². The third kappa shape index (κ3) is 4.31. The van der Waals surface area contributed by atoms with E-state index in [-0.39, 0.29) is 29.5 Å². The largest absolute Gasteiger partial charge is 0.410 e. The van der Waals surface area contributed by atoms with Crippen LogP contribution in [-0.2, 0) is 13.6 Å². The van der Waals surface area contributed by atoms with Crippen LogP contribution in [0.3, 0.4) is 0 Å². The molecule has 3 aromatic rings. The molecule has 7 nitrogen and oxygen atoms in total. The highest BCUT2D eigenvalue weighted by Gasteiger charge is 2.47. The minimum Gasteiger partial charge on any atom is -0.362 e. The van der Waals surface area contributed by atoms with Gasteiger partial charge in [-0.3, -0.25) is 9.48 Å². The van der Waals surface area contributed by atoms with Crippen LogP contribution in [0.1, 0.15) is 57.1 Å². The normalized spacial score (nSPS) is 18.1. The van der Waals surface area contributed by atoms with Gasteiger partial charge in [-0.25, -0.2) is 4.68 Å². The maximum atomic E-state index is 13.9. The third-order valence-electron chi connectivity index (χ3n) is 6.08. The van der Waals surface area contributed by atoms with E-state index in [9.17, 15) is 18.0 Å². The number of carbonyl (C=O) groups is 1. The van der Waals surface area contributed by atoms with Gasteiger partial charge in [0.2, 0.25) is 0 Å². The van der Waals surface area contributed by atoms with E-state index in [4.69, 9.17) is 11.6 Å². The molecule has 0 saturated carbocycles. The van der Waals surface area contributed by atoms with Crippen LogP contribution in [0, 0.1) is 20.8 Å². The molecule has 3 heterocycles. The van der Waals surface area contributed by atoms with Gasteiger partial charge in [0, 0.05) is 31.3 Å². The maximum absolute atomic E-state index is 13.9. The van der Waals surface area contributed by atoms with Gasteiger partial charge in [0.25, 0.3) is 5.91 Å². The second-order valence-electron chi connectivity index (χ2n) is 8.31. The summed E-state index contributed by atoms with van der Waals surface area (Å²) in [6.07, 6.45) is -4.83. The topological polar surface area (TPSA) is 76.8 Å². The molecule has 33 heavy (non-hydrogen) atoms. The van der Waals surface area contributed by atoms with Crippen molar-refractivity contribution in [3.8, 4) is 0 Å². The van der Waals surface area contributed by atoms with E-state index in [0.29, 0.717) is 5.56 Å². The number of amides is 1. The number of anilines is 1. The third-order valence-corrected chi connectivity index (χ3v) is 6.43. The fraction of sp³-hybridized carbons (Fsp3) is 0.409. The van der Waals surface area contributed by atoms with Crippen molar-refractivity contribution in [1.82, 2.24) is 24.9 Å². The number of aryl methyl sites for hydroxylation is 3. The molecule has 0 aliphatic carbocycles. The summed E-state index contributed by atoms with van der Waals surface area (Å²) in [6, 6.07) is 4.71. The average Bonchev–Trinajstić information content (AvgIpc) is 3.21. The minimum atomic E-state index is -4.56. The Morgan fingerprint density at radius 1 is 1.21 bits per heavy atom. The molecule has 176 valence electrons. The van der Waals surface area contributed by atoms with Crippen molar-refractivity contribution in [2.24, 2.45) is 7.05 Å². The predicted octanol–water partition coefficient (Wildman–Crippen LogP) is 4.79. The molecule has 1 aliphatic heterocycles. The van der Waals surface area contributed by atoms with Crippen molar-refractivity contribution < 1.29 is 18.0 Å². The van der Waals surface area contributed by atoms with E-state index in [1.165, 1.54) is 0 Å². The number of hydrogen-bond donors (Lipinski definition) is 2. The summed E-state index contributed by atoms with van der Waals surface area (Å²) in [5.41, 5.74) is 3.91. The molecule has 2 aromatic heterocycles. The first-order valence-electron chi connectivity index (χ1n) is 10.4. The summed E-state index contributed by atoms with van der Waals surface area (Å²) in [4.78, 5) is 12.8. The minimum absolute atomic E-state index is 0.0188. The molecular weight excluding hydrogens is 457 g/mol. The fourth-order valence-electron chi connectivity index (χ4n) is 4.08. The monoisotopic (exact) mass is 480 g/mol. The number of nitrogens with zero attached hydrogens (tertiary/aromatic N) is 4. The molecule has 11 heteroatoms. The number of aromatic nitrogens is 4. The smallest absolute Gasteiger partial charge is 0.362 e. The molecular formula is C22H24ClF3N6O. The van der Waals surface area contributed by atoms with Crippen LogP contribution in [0.15, 0.2) is 24.3 Å². The Kier molecular flexibility index (Phi) is 5.90. The Bertz CT molecular complexity index is 1200. The summed E-state index contributed by atoms with van der Waals surface area (Å²) < 4.78 is 44.3. The Morgan fingerprint density at radius 2 is 1.88 bits per heavy atom. The van der Waals surface area contributed by atoms with Crippen LogP contribution in [0.25, 0.3) is 0 Å². The number of carbonyl (C=O) groups excluding carboxylic acids is 1. The Balaban J connectivity index is 1.64. The molecule has 1 amide bonds. The van der Waals surface area contributed by atoms with Gasteiger partial charge in [0.1, 0.15) is 10.8 Å². The molecule has 1 aromatic carbocycles. The first kappa shape index (κ1) is 23.2. The average molecular weight is 481 g/mol. The Hall–Kier alpha value is -3.01. The first-order valence-corrected chi connectivity index (χ1v) is 10.8. The molecule has 0 saturated heterocycles. The maximum Gasteiger partial charge on any atom is 0.410 e. The fourth-order valence-corrected chi connectivity index (χ4v) is 4.34. The standard InChI is InChI=1S/C22H24ClF3N6O/c1-11-5-7-14(8-6-11)16-9-17(22(24,25)26)32-20(28-16)18(23)19(30-32)21(33)27-10-15-12(2)29-31(4)13(15)3/h5-8,16-17,28H,9-10H2,1-4H3,(H,27,33)/t16-,17-/m0/s1. The van der Waals surface area contributed by atoms with Gasteiger partial charge in [0.05, 0.1) is 11.7 Å².